The predicted molar refractivity (Wildman–Crippen MR) is 58.7 cm³/mol. The van der Waals surface area contributed by atoms with Crippen molar-refractivity contribution in [2.75, 3.05) is 0 Å². The van der Waals surface area contributed by atoms with E-state index in [2.05, 4.69) is 10.2 Å². The Labute approximate surface area is 87.6 Å². The molecule has 1 N–H and O–H groups in total. The van der Waals surface area contributed by atoms with Gasteiger partial charge in [0.15, 0.2) is 0 Å². The number of aromatic amines is 1. The van der Waals surface area contributed by atoms with Crippen LogP contribution in [0.15, 0.2) is 35.5 Å². The average Bonchev–Trinajstić information content (AvgIpc) is 2.70. The molecular formula is C11H13N3O. The molecule has 0 amide bonds. The predicted octanol–water partition coefficient (Wildman–Crippen LogP) is 1.82. The zero-order chi connectivity index (χ0) is 10.8. The van der Waals surface area contributed by atoms with E-state index < -0.39 is 0 Å². The number of rotatable bonds is 2. The highest BCUT2D eigenvalue weighted by molar-refractivity contribution is 5.60. The highest BCUT2D eigenvalue weighted by Crippen LogP contribution is 2.13. The molecule has 0 spiro atoms. The van der Waals surface area contributed by atoms with Crippen LogP contribution in [0.2, 0.25) is 0 Å². The third-order valence-electron chi connectivity index (χ3n) is 2.34. The van der Waals surface area contributed by atoms with Crippen LogP contribution in [0.3, 0.4) is 0 Å². The molecule has 0 unspecified atom stereocenters. The summed E-state index contributed by atoms with van der Waals surface area (Å²) in [7, 11) is 0. The van der Waals surface area contributed by atoms with Gasteiger partial charge < -0.3 is 4.57 Å². The van der Waals surface area contributed by atoms with Gasteiger partial charge in [0.25, 0.3) is 5.56 Å². The Hall–Kier alpha value is -1.84. The van der Waals surface area contributed by atoms with Crippen LogP contribution < -0.4 is 5.56 Å². The smallest absolute Gasteiger partial charge is 0.258 e. The van der Waals surface area contributed by atoms with Gasteiger partial charge in [-0.25, -0.2) is 0 Å². The molecule has 78 valence electrons. The maximum Gasteiger partial charge on any atom is 0.258 e. The fraction of sp³-hybridized carbons (Fsp3) is 0.273. The number of hydrogen-bond acceptors (Lipinski definition) is 2. The first-order valence-electron chi connectivity index (χ1n) is 4.90. The van der Waals surface area contributed by atoms with Gasteiger partial charge in [0.2, 0.25) is 0 Å². The second kappa shape index (κ2) is 3.73. The van der Waals surface area contributed by atoms with Crippen molar-refractivity contribution in [1.82, 2.24) is 14.8 Å². The maximum absolute atomic E-state index is 12.0. The van der Waals surface area contributed by atoms with Crippen molar-refractivity contribution < 1.29 is 0 Å². The third kappa shape index (κ3) is 1.70. The van der Waals surface area contributed by atoms with Crippen molar-refractivity contribution in [3.8, 4) is 11.1 Å². The zero-order valence-corrected chi connectivity index (χ0v) is 8.77. The average molecular weight is 203 g/mol. The largest absolute Gasteiger partial charge is 0.313 e. The highest BCUT2D eigenvalue weighted by atomic mass is 16.1. The quantitative estimate of drug-likeness (QED) is 0.809. The molecule has 0 bridgehead atoms. The molecule has 4 heteroatoms. The fourth-order valence-corrected chi connectivity index (χ4v) is 1.53. The van der Waals surface area contributed by atoms with Crippen LogP contribution in [0.5, 0.6) is 0 Å². The van der Waals surface area contributed by atoms with Crippen LogP contribution in [0.25, 0.3) is 11.1 Å². The monoisotopic (exact) mass is 203 g/mol. The lowest BCUT2D eigenvalue weighted by Gasteiger charge is -2.10. The van der Waals surface area contributed by atoms with Gasteiger partial charge in [0, 0.05) is 24.0 Å². The maximum atomic E-state index is 12.0. The molecule has 2 aromatic heterocycles. The molecule has 0 fully saturated rings. The standard InChI is InChI=1S/C11H13N3O/c1-8(2)14-5-3-4-10(11(14)15)9-6-12-13-7-9/h3-8H,1-2H3,(H,12,13). The van der Waals surface area contributed by atoms with E-state index >= 15 is 0 Å². The Morgan fingerprint density at radius 1 is 1.47 bits per heavy atom. The number of nitrogens with zero attached hydrogens (tertiary/aromatic N) is 2. The summed E-state index contributed by atoms with van der Waals surface area (Å²) in [5, 5.41) is 6.55. The number of aromatic nitrogens is 3. The SMILES string of the molecule is CC(C)n1cccc(-c2cn[nH]c2)c1=O. The number of nitrogens with one attached hydrogen (secondary N) is 1. The Morgan fingerprint density at radius 3 is 2.87 bits per heavy atom. The molecule has 2 aromatic rings. The lowest BCUT2D eigenvalue weighted by atomic mass is 10.1. The van der Waals surface area contributed by atoms with Crippen molar-refractivity contribution in [2.45, 2.75) is 19.9 Å². The summed E-state index contributed by atoms with van der Waals surface area (Å²) in [6.07, 6.45) is 5.18. The van der Waals surface area contributed by atoms with Crippen molar-refractivity contribution in [3.63, 3.8) is 0 Å². The van der Waals surface area contributed by atoms with E-state index in [4.69, 9.17) is 0 Å². The summed E-state index contributed by atoms with van der Waals surface area (Å²) < 4.78 is 1.71. The van der Waals surface area contributed by atoms with Crippen LogP contribution >= 0.6 is 0 Å². The lowest BCUT2D eigenvalue weighted by molar-refractivity contribution is 0.579. The number of pyridine rings is 1. The molecule has 4 nitrogen and oxygen atoms in total. The van der Waals surface area contributed by atoms with Crippen molar-refractivity contribution in [3.05, 3.63) is 41.1 Å². The van der Waals surface area contributed by atoms with E-state index in [0.29, 0.717) is 5.56 Å². The van der Waals surface area contributed by atoms with E-state index in [-0.39, 0.29) is 11.6 Å². The van der Waals surface area contributed by atoms with Crippen molar-refractivity contribution in [1.29, 1.82) is 0 Å². The van der Waals surface area contributed by atoms with Crippen LogP contribution in [-0.4, -0.2) is 14.8 Å². The zero-order valence-electron chi connectivity index (χ0n) is 8.77. The molecule has 0 aliphatic carbocycles. The van der Waals surface area contributed by atoms with Gasteiger partial charge in [-0.2, -0.15) is 5.10 Å². The van der Waals surface area contributed by atoms with Gasteiger partial charge in [0.05, 0.1) is 11.8 Å². The molecule has 0 aromatic carbocycles. The summed E-state index contributed by atoms with van der Waals surface area (Å²) in [4.78, 5) is 12.0. The molecule has 15 heavy (non-hydrogen) atoms. The second-order valence-electron chi connectivity index (χ2n) is 3.72. The molecular weight excluding hydrogens is 190 g/mol. The summed E-state index contributed by atoms with van der Waals surface area (Å²) in [6.45, 7) is 3.97. The summed E-state index contributed by atoms with van der Waals surface area (Å²) in [5.74, 6) is 0. The van der Waals surface area contributed by atoms with Crippen molar-refractivity contribution in [2.24, 2.45) is 0 Å². The first-order chi connectivity index (χ1) is 7.20. The van der Waals surface area contributed by atoms with E-state index in [1.54, 1.807) is 23.2 Å². The Balaban J connectivity index is 2.60. The van der Waals surface area contributed by atoms with Crippen molar-refractivity contribution >= 4 is 0 Å². The second-order valence-corrected chi connectivity index (χ2v) is 3.72. The molecule has 0 aliphatic rings. The molecule has 0 radical (unpaired) electrons. The van der Waals surface area contributed by atoms with Crippen LogP contribution in [0.1, 0.15) is 19.9 Å². The normalized spacial score (nSPS) is 10.9. The van der Waals surface area contributed by atoms with Crippen LogP contribution in [-0.2, 0) is 0 Å². The molecule has 0 aliphatic heterocycles. The Morgan fingerprint density at radius 2 is 2.27 bits per heavy atom. The van der Waals surface area contributed by atoms with Crippen LogP contribution in [0, 0.1) is 0 Å². The topological polar surface area (TPSA) is 50.7 Å². The van der Waals surface area contributed by atoms with Gasteiger partial charge in [0.1, 0.15) is 0 Å². The van der Waals surface area contributed by atoms with Gasteiger partial charge >= 0.3 is 0 Å². The minimum atomic E-state index is 0.0221. The first-order valence-corrected chi connectivity index (χ1v) is 4.90. The Bertz CT molecular complexity index is 497. The highest BCUT2D eigenvalue weighted by Gasteiger charge is 2.07. The fourth-order valence-electron chi connectivity index (χ4n) is 1.53. The van der Waals surface area contributed by atoms with Gasteiger partial charge in [-0.05, 0) is 26.0 Å². The number of H-pyrrole nitrogens is 1. The third-order valence-corrected chi connectivity index (χ3v) is 2.34. The summed E-state index contributed by atoms with van der Waals surface area (Å²) in [6, 6.07) is 3.86. The van der Waals surface area contributed by atoms with E-state index in [1.807, 2.05) is 26.0 Å². The first kappa shape index (κ1) is 9.71. The number of hydrogen-bond donors (Lipinski definition) is 1. The van der Waals surface area contributed by atoms with E-state index in [1.165, 1.54) is 0 Å². The molecule has 2 rings (SSSR count). The van der Waals surface area contributed by atoms with E-state index in [9.17, 15) is 4.79 Å². The molecule has 0 saturated heterocycles. The van der Waals surface area contributed by atoms with Gasteiger partial charge in [-0.3, -0.25) is 9.89 Å². The summed E-state index contributed by atoms with van der Waals surface area (Å²) in [5.41, 5.74) is 1.53. The molecule has 2 heterocycles. The minimum absolute atomic E-state index is 0.0221. The van der Waals surface area contributed by atoms with Gasteiger partial charge in [-0.1, -0.05) is 0 Å². The van der Waals surface area contributed by atoms with Crippen LogP contribution in [0.4, 0.5) is 0 Å². The molecule has 0 atom stereocenters. The molecule has 0 saturated carbocycles. The van der Waals surface area contributed by atoms with Gasteiger partial charge in [-0.15, -0.1) is 0 Å². The van der Waals surface area contributed by atoms with E-state index in [0.717, 1.165) is 5.56 Å². The minimum Gasteiger partial charge on any atom is -0.313 e. The Kier molecular flexibility index (Phi) is 2.41. The summed E-state index contributed by atoms with van der Waals surface area (Å²) >= 11 is 0. The lowest BCUT2D eigenvalue weighted by Crippen LogP contribution is -2.22.